The van der Waals surface area contributed by atoms with Crippen LogP contribution in [0, 0.1) is 11.3 Å². The smallest absolute Gasteiger partial charge is 0.127 e. The Morgan fingerprint density at radius 3 is 2.68 bits per heavy atom. The first kappa shape index (κ1) is 13.4. The summed E-state index contributed by atoms with van der Waals surface area (Å²) in [4.78, 5) is 1.20. The molecule has 4 heteroatoms. The standard InChI is InChI=1S/C15H15NO2S/c1-17-12-5-6-14(15(9-12)18-2)11(10-16)8-13-4-3-7-19-13/h3-7,9,11H,8H2,1-2H3. The molecule has 1 aromatic carbocycles. The summed E-state index contributed by atoms with van der Waals surface area (Å²) in [5.41, 5.74) is 0.902. The van der Waals surface area contributed by atoms with Crippen molar-refractivity contribution in [3.63, 3.8) is 0 Å². The first-order valence-corrected chi connectivity index (χ1v) is 6.80. The lowest BCUT2D eigenvalue weighted by Crippen LogP contribution is -2.02. The normalized spacial score (nSPS) is 11.6. The topological polar surface area (TPSA) is 42.2 Å². The molecule has 1 heterocycles. The zero-order valence-electron chi connectivity index (χ0n) is 10.9. The molecule has 2 aromatic rings. The predicted molar refractivity (Wildman–Crippen MR) is 75.9 cm³/mol. The maximum atomic E-state index is 9.39. The van der Waals surface area contributed by atoms with Crippen LogP contribution in [0.5, 0.6) is 11.5 Å². The van der Waals surface area contributed by atoms with E-state index in [1.54, 1.807) is 25.6 Å². The molecule has 1 aromatic heterocycles. The molecule has 0 N–H and O–H groups in total. The lowest BCUT2D eigenvalue weighted by Gasteiger charge is -2.14. The fourth-order valence-corrected chi connectivity index (χ4v) is 2.71. The molecule has 0 radical (unpaired) electrons. The molecule has 0 fully saturated rings. The van der Waals surface area contributed by atoms with E-state index in [4.69, 9.17) is 9.47 Å². The van der Waals surface area contributed by atoms with Gasteiger partial charge in [-0.05, 0) is 17.5 Å². The van der Waals surface area contributed by atoms with Gasteiger partial charge in [0.15, 0.2) is 0 Å². The van der Waals surface area contributed by atoms with Gasteiger partial charge in [-0.3, -0.25) is 0 Å². The van der Waals surface area contributed by atoms with Crippen LogP contribution < -0.4 is 9.47 Å². The van der Waals surface area contributed by atoms with Gasteiger partial charge in [-0.2, -0.15) is 5.26 Å². The SMILES string of the molecule is COc1ccc(C(C#N)Cc2cccs2)c(OC)c1. The molecule has 0 aliphatic heterocycles. The molecule has 0 aliphatic rings. The van der Waals surface area contributed by atoms with Crippen LogP contribution in [0.4, 0.5) is 0 Å². The van der Waals surface area contributed by atoms with E-state index in [1.807, 2.05) is 35.7 Å². The van der Waals surface area contributed by atoms with Crippen LogP contribution in [0.1, 0.15) is 16.4 Å². The second kappa shape index (κ2) is 6.26. The van der Waals surface area contributed by atoms with Gasteiger partial charge in [-0.15, -0.1) is 11.3 Å². The largest absolute Gasteiger partial charge is 0.497 e. The van der Waals surface area contributed by atoms with Crippen molar-refractivity contribution >= 4 is 11.3 Å². The molecule has 0 spiro atoms. The summed E-state index contributed by atoms with van der Waals surface area (Å²) in [6, 6.07) is 12.0. The van der Waals surface area contributed by atoms with E-state index in [9.17, 15) is 5.26 Å². The Balaban J connectivity index is 2.30. The lowest BCUT2D eigenvalue weighted by atomic mass is 9.95. The third-order valence-electron chi connectivity index (χ3n) is 2.96. The van der Waals surface area contributed by atoms with Gasteiger partial charge < -0.3 is 9.47 Å². The molecule has 19 heavy (non-hydrogen) atoms. The van der Waals surface area contributed by atoms with Crippen LogP contribution in [-0.2, 0) is 6.42 Å². The van der Waals surface area contributed by atoms with Gasteiger partial charge in [0, 0.05) is 22.9 Å². The van der Waals surface area contributed by atoms with Gasteiger partial charge in [0.1, 0.15) is 11.5 Å². The number of nitriles is 1. The molecule has 0 amide bonds. The zero-order chi connectivity index (χ0) is 13.7. The summed E-state index contributed by atoms with van der Waals surface area (Å²) in [5, 5.41) is 11.4. The maximum absolute atomic E-state index is 9.39. The molecule has 3 nitrogen and oxygen atoms in total. The van der Waals surface area contributed by atoms with Crippen molar-refractivity contribution in [3.05, 3.63) is 46.2 Å². The first-order chi connectivity index (χ1) is 9.28. The van der Waals surface area contributed by atoms with E-state index < -0.39 is 0 Å². The van der Waals surface area contributed by atoms with E-state index in [1.165, 1.54) is 4.88 Å². The van der Waals surface area contributed by atoms with Crippen molar-refractivity contribution in [2.24, 2.45) is 0 Å². The number of nitrogens with zero attached hydrogens (tertiary/aromatic N) is 1. The summed E-state index contributed by atoms with van der Waals surface area (Å²) in [6.45, 7) is 0. The van der Waals surface area contributed by atoms with Crippen molar-refractivity contribution in [2.45, 2.75) is 12.3 Å². The average molecular weight is 273 g/mol. The average Bonchev–Trinajstić information content (AvgIpc) is 2.97. The third-order valence-corrected chi connectivity index (χ3v) is 3.86. The highest BCUT2D eigenvalue weighted by molar-refractivity contribution is 7.09. The van der Waals surface area contributed by atoms with Crippen LogP contribution in [0.2, 0.25) is 0 Å². The molecular weight excluding hydrogens is 258 g/mol. The number of rotatable bonds is 5. The number of hydrogen-bond donors (Lipinski definition) is 0. The van der Waals surface area contributed by atoms with Gasteiger partial charge in [0.25, 0.3) is 0 Å². The van der Waals surface area contributed by atoms with Crippen molar-refractivity contribution in [3.8, 4) is 17.6 Å². The fraction of sp³-hybridized carbons (Fsp3) is 0.267. The van der Waals surface area contributed by atoms with E-state index >= 15 is 0 Å². The highest BCUT2D eigenvalue weighted by atomic mass is 32.1. The minimum atomic E-state index is -0.209. The second-order valence-electron chi connectivity index (χ2n) is 4.07. The molecule has 0 saturated heterocycles. The fourth-order valence-electron chi connectivity index (χ4n) is 1.96. The van der Waals surface area contributed by atoms with E-state index in [-0.39, 0.29) is 5.92 Å². The maximum Gasteiger partial charge on any atom is 0.127 e. The van der Waals surface area contributed by atoms with Crippen molar-refractivity contribution in [2.75, 3.05) is 14.2 Å². The number of methoxy groups -OCH3 is 2. The van der Waals surface area contributed by atoms with E-state index in [2.05, 4.69) is 6.07 Å². The van der Waals surface area contributed by atoms with E-state index in [0.717, 1.165) is 11.3 Å². The zero-order valence-corrected chi connectivity index (χ0v) is 11.7. The molecule has 1 unspecified atom stereocenters. The Kier molecular flexibility index (Phi) is 4.43. The van der Waals surface area contributed by atoms with Gasteiger partial charge in [-0.25, -0.2) is 0 Å². The summed E-state index contributed by atoms with van der Waals surface area (Å²) in [6.07, 6.45) is 0.705. The molecule has 1 atom stereocenters. The van der Waals surface area contributed by atoms with Crippen LogP contribution in [0.3, 0.4) is 0 Å². The highest BCUT2D eigenvalue weighted by Crippen LogP contribution is 2.32. The van der Waals surface area contributed by atoms with Crippen LogP contribution in [-0.4, -0.2) is 14.2 Å². The Labute approximate surface area is 117 Å². The molecule has 0 aliphatic carbocycles. The van der Waals surface area contributed by atoms with Crippen LogP contribution in [0.25, 0.3) is 0 Å². The van der Waals surface area contributed by atoms with Crippen LogP contribution >= 0.6 is 11.3 Å². The molecule has 98 valence electrons. The minimum absolute atomic E-state index is 0.209. The van der Waals surface area contributed by atoms with Crippen molar-refractivity contribution < 1.29 is 9.47 Å². The Morgan fingerprint density at radius 1 is 1.26 bits per heavy atom. The number of hydrogen-bond acceptors (Lipinski definition) is 4. The predicted octanol–water partition coefficient (Wildman–Crippen LogP) is 3.62. The number of thiophene rings is 1. The first-order valence-electron chi connectivity index (χ1n) is 5.92. The van der Waals surface area contributed by atoms with Crippen molar-refractivity contribution in [1.29, 1.82) is 5.26 Å². The number of benzene rings is 1. The lowest BCUT2D eigenvalue weighted by molar-refractivity contribution is 0.390. The van der Waals surface area contributed by atoms with Gasteiger partial charge in [0.05, 0.1) is 26.2 Å². The van der Waals surface area contributed by atoms with Gasteiger partial charge >= 0.3 is 0 Å². The van der Waals surface area contributed by atoms with Crippen LogP contribution in [0.15, 0.2) is 35.7 Å². The quantitative estimate of drug-likeness (QED) is 0.835. The Morgan fingerprint density at radius 2 is 2.11 bits per heavy atom. The Hall–Kier alpha value is -1.99. The highest BCUT2D eigenvalue weighted by Gasteiger charge is 2.17. The second-order valence-corrected chi connectivity index (χ2v) is 5.11. The van der Waals surface area contributed by atoms with Gasteiger partial charge in [0.2, 0.25) is 0 Å². The molecule has 2 rings (SSSR count). The minimum Gasteiger partial charge on any atom is -0.497 e. The third kappa shape index (κ3) is 3.07. The van der Waals surface area contributed by atoms with Crippen molar-refractivity contribution in [1.82, 2.24) is 0 Å². The molecular formula is C15H15NO2S. The van der Waals surface area contributed by atoms with E-state index in [0.29, 0.717) is 12.2 Å². The molecule has 0 saturated carbocycles. The monoisotopic (exact) mass is 273 g/mol. The summed E-state index contributed by atoms with van der Waals surface area (Å²) in [5.74, 6) is 1.22. The summed E-state index contributed by atoms with van der Waals surface area (Å²) < 4.78 is 10.5. The molecule has 0 bridgehead atoms. The Bertz CT molecular complexity index is 572. The number of ether oxygens (including phenoxy) is 2. The van der Waals surface area contributed by atoms with Gasteiger partial charge in [-0.1, -0.05) is 12.1 Å². The summed E-state index contributed by atoms with van der Waals surface area (Å²) >= 11 is 1.67. The summed E-state index contributed by atoms with van der Waals surface area (Å²) in [7, 11) is 3.22.